The molecule has 1 aromatic carbocycles. The van der Waals surface area contributed by atoms with E-state index in [0.717, 1.165) is 35.7 Å². The Morgan fingerprint density at radius 1 is 1.00 bits per heavy atom. The molecule has 2 atom stereocenters. The van der Waals surface area contributed by atoms with Gasteiger partial charge in [0.25, 0.3) is 0 Å². The Morgan fingerprint density at radius 2 is 1.70 bits per heavy atom. The Bertz CT molecular complexity index is 1130. The maximum atomic E-state index is 9.55. The highest BCUT2D eigenvalue weighted by Crippen LogP contribution is 2.30. The van der Waals surface area contributed by atoms with Gasteiger partial charge in [-0.1, -0.05) is 12.5 Å². The SMILES string of the molecule is CN1C2CCCC1CN(c1ccc(-c3ccc4[nH]ccc4c3)nn1)C2.O=C(O)/C=C/C(=O)O. The van der Waals surface area contributed by atoms with Crippen LogP contribution >= 0.6 is 0 Å². The van der Waals surface area contributed by atoms with Gasteiger partial charge < -0.3 is 20.1 Å². The summed E-state index contributed by atoms with van der Waals surface area (Å²) in [6.45, 7) is 2.13. The Labute approximate surface area is 191 Å². The molecule has 0 radical (unpaired) electrons. The first kappa shape index (κ1) is 22.5. The molecule has 3 aromatic rings. The van der Waals surface area contributed by atoms with Crippen LogP contribution in [0.5, 0.6) is 0 Å². The maximum absolute atomic E-state index is 9.55. The largest absolute Gasteiger partial charge is 0.478 e. The lowest BCUT2D eigenvalue weighted by molar-refractivity contribution is -0.134. The van der Waals surface area contributed by atoms with Crippen molar-refractivity contribution in [2.24, 2.45) is 0 Å². The van der Waals surface area contributed by atoms with E-state index in [0.29, 0.717) is 24.2 Å². The predicted molar refractivity (Wildman–Crippen MR) is 125 cm³/mol. The van der Waals surface area contributed by atoms with Crippen molar-refractivity contribution in [1.29, 1.82) is 0 Å². The highest BCUT2D eigenvalue weighted by molar-refractivity contribution is 5.89. The molecule has 172 valence electrons. The molecule has 2 aliphatic heterocycles. The number of nitrogens with one attached hydrogen (secondary N) is 1. The van der Waals surface area contributed by atoms with E-state index in [9.17, 15) is 9.59 Å². The number of piperazine rings is 1. The van der Waals surface area contributed by atoms with Crippen molar-refractivity contribution < 1.29 is 19.8 Å². The fourth-order valence-electron chi connectivity index (χ4n) is 4.51. The van der Waals surface area contributed by atoms with Gasteiger partial charge in [0.05, 0.1) is 5.69 Å². The number of carbonyl (C=O) groups is 2. The van der Waals surface area contributed by atoms with E-state index in [1.165, 1.54) is 24.6 Å². The number of hydrogen-bond acceptors (Lipinski definition) is 6. The molecule has 3 N–H and O–H groups in total. The van der Waals surface area contributed by atoms with E-state index >= 15 is 0 Å². The lowest BCUT2D eigenvalue weighted by atomic mass is 9.92. The molecule has 2 aromatic heterocycles. The molecule has 9 nitrogen and oxygen atoms in total. The second kappa shape index (κ2) is 9.83. The molecular formula is C24H27N5O4. The predicted octanol–water partition coefficient (Wildman–Crippen LogP) is 3.01. The standard InChI is InChI=1S/C20H23N5.C4H4O4/c1-24-16-3-2-4-17(24)13-25(12-16)20-8-7-19(22-23-20)14-5-6-18-15(11-14)9-10-21-18;5-3(6)1-2-4(7)8/h5-11,16-17,21H,2-4,12-13H2,1H3;1-2H,(H,5,6)(H,7,8)/b;2-1+. The number of aromatic amines is 1. The number of likely N-dealkylation sites (N-methyl/N-ethyl adjacent to an activating group) is 1. The number of piperidine rings is 1. The number of anilines is 1. The number of benzene rings is 1. The van der Waals surface area contributed by atoms with Crippen LogP contribution in [0.2, 0.25) is 0 Å². The molecule has 0 saturated carbocycles. The molecule has 9 heteroatoms. The number of hydrogen-bond donors (Lipinski definition) is 3. The highest BCUT2D eigenvalue weighted by Gasteiger charge is 2.35. The van der Waals surface area contributed by atoms with Crippen molar-refractivity contribution in [3.05, 3.63) is 54.7 Å². The van der Waals surface area contributed by atoms with E-state index < -0.39 is 11.9 Å². The van der Waals surface area contributed by atoms with Gasteiger partial charge in [0, 0.05) is 60.0 Å². The third-order valence-electron chi connectivity index (χ3n) is 6.28. The van der Waals surface area contributed by atoms with Crippen LogP contribution in [0, 0.1) is 0 Å². The average Bonchev–Trinajstić information content (AvgIpc) is 3.26. The second-order valence-corrected chi connectivity index (χ2v) is 8.38. The van der Waals surface area contributed by atoms with Gasteiger partial charge in [0.2, 0.25) is 0 Å². The van der Waals surface area contributed by atoms with Crippen LogP contribution in [0.3, 0.4) is 0 Å². The minimum Gasteiger partial charge on any atom is -0.478 e. The van der Waals surface area contributed by atoms with E-state index in [1.54, 1.807) is 0 Å². The van der Waals surface area contributed by atoms with Crippen LogP contribution in [0.4, 0.5) is 5.82 Å². The Kier molecular flexibility index (Phi) is 6.69. The Hall–Kier alpha value is -3.72. The van der Waals surface area contributed by atoms with Crippen molar-refractivity contribution in [1.82, 2.24) is 20.1 Å². The summed E-state index contributed by atoms with van der Waals surface area (Å²) >= 11 is 0. The monoisotopic (exact) mass is 449 g/mol. The van der Waals surface area contributed by atoms with Crippen molar-refractivity contribution in [2.45, 2.75) is 31.3 Å². The zero-order chi connectivity index (χ0) is 23.4. The second-order valence-electron chi connectivity index (χ2n) is 8.38. The van der Waals surface area contributed by atoms with Crippen LogP contribution in [-0.2, 0) is 9.59 Å². The van der Waals surface area contributed by atoms with Crippen molar-refractivity contribution in [3.8, 4) is 11.3 Å². The van der Waals surface area contributed by atoms with E-state index in [1.807, 2.05) is 6.20 Å². The molecular weight excluding hydrogens is 422 g/mol. The number of carboxylic acids is 2. The highest BCUT2D eigenvalue weighted by atomic mass is 16.4. The van der Waals surface area contributed by atoms with E-state index in [2.05, 4.69) is 68.4 Å². The fraction of sp³-hybridized carbons (Fsp3) is 0.333. The van der Waals surface area contributed by atoms with Crippen LogP contribution in [0.1, 0.15) is 19.3 Å². The molecule has 4 heterocycles. The molecule has 5 rings (SSSR count). The summed E-state index contributed by atoms with van der Waals surface area (Å²) in [7, 11) is 2.28. The minimum atomic E-state index is -1.26. The maximum Gasteiger partial charge on any atom is 0.328 e. The summed E-state index contributed by atoms with van der Waals surface area (Å²) in [4.78, 5) is 27.3. The fourth-order valence-corrected chi connectivity index (χ4v) is 4.51. The van der Waals surface area contributed by atoms with Crippen molar-refractivity contribution in [2.75, 3.05) is 25.0 Å². The normalized spacial score (nSPS) is 20.5. The summed E-state index contributed by atoms with van der Waals surface area (Å²) in [6.07, 6.45) is 7.04. The lowest BCUT2D eigenvalue weighted by Gasteiger charge is -2.48. The van der Waals surface area contributed by atoms with Gasteiger partial charge in [-0.3, -0.25) is 4.90 Å². The number of rotatable bonds is 4. The third kappa shape index (κ3) is 5.38. The van der Waals surface area contributed by atoms with Crippen LogP contribution in [-0.4, -0.2) is 74.5 Å². The quantitative estimate of drug-likeness (QED) is 0.520. The Balaban J connectivity index is 0.000000281. The molecule has 0 aliphatic carbocycles. The van der Waals surface area contributed by atoms with Gasteiger partial charge in [-0.15, -0.1) is 10.2 Å². The molecule has 2 bridgehead atoms. The summed E-state index contributed by atoms with van der Waals surface area (Å²) in [6, 6.07) is 14.0. The smallest absolute Gasteiger partial charge is 0.328 e. The zero-order valence-corrected chi connectivity index (χ0v) is 18.4. The van der Waals surface area contributed by atoms with Gasteiger partial charge >= 0.3 is 11.9 Å². The Morgan fingerprint density at radius 3 is 2.30 bits per heavy atom. The zero-order valence-electron chi connectivity index (χ0n) is 18.4. The molecule has 2 fully saturated rings. The first-order valence-electron chi connectivity index (χ1n) is 10.9. The van der Waals surface area contributed by atoms with Crippen LogP contribution < -0.4 is 4.90 Å². The summed E-state index contributed by atoms with van der Waals surface area (Å²) < 4.78 is 0. The molecule has 0 spiro atoms. The van der Waals surface area contributed by atoms with Gasteiger partial charge in [-0.2, -0.15) is 0 Å². The molecule has 2 aliphatic rings. The molecule has 2 unspecified atom stereocenters. The summed E-state index contributed by atoms with van der Waals surface area (Å²) in [5.74, 6) is -1.50. The first-order valence-corrected chi connectivity index (χ1v) is 10.9. The van der Waals surface area contributed by atoms with Crippen LogP contribution in [0.15, 0.2) is 54.7 Å². The summed E-state index contributed by atoms with van der Waals surface area (Å²) in [5, 5.41) is 25.9. The topological polar surface area (TPSA) is 123 Å². The molecule has 2 saturated heterocycles. The minimum absolute atomic E-state index is 0.558. The number of aromatic nitrogens is 3. The lowest BCUT2D eigenvalue weighted by Crippen LogP contribution is -2.59. The molecule has 0 amide bonds. The van der Waals surface area contributed by atoms with Crippen molar-refractivity contribution in [3.63, 3.8) is 0 Å². The van der Waals surface area contributed by atoms with Crippen molar-refractivity contribution >= 4 is 28.7 Å². The van der Waals surface area contributed by atoms with Crippen LogP contribution in [0.25, 0.3) is 22.2 Å². The number of aliphatic carboxylic acids is 2. The number of carboxylic acid groups (broad SMARTS) is 2. The van der Waals surface area contributed by atoms with Gasteiger partial charge in [0.1, 0.15) is 0 Å². The number of fused-ring (bicyclic) bond motifs is 3. The number of H-pyrrole nitrogens is 1. The average molecular weight is 450 g/mol. The van der Waals surface area contributed by atoms with Gasteiger partial charge in [0.15, 0.2) is 5.82 Å². The van der Waals surface area contributed by atoms with Gasteiger partial charge in [-0.05, 0) is 50.2 Å². The molecule has 33 heavy (non-hydrogen) atoms. The summed E-state index contributed by atoms with van der Waals surface area (Å²) in [5.41, 5.74) is 3.19. The van der Waals surface area contributed by atoms with E-state index in [-0.39, 0.29) is 0 Å². The van der Waals surface area contributed by atoms with E-state index in [4.69, 9.17) is 10.2 Å². The van der Waals surface area contributed by atoms with Gasteiger partial charge in [-0.25, -0.2) is 9.59 Å². The number of nitrogens with zero attached hydrogens (tertiary/aromatic N) is 4. The first-order chi connectivity index (χ1) is 15.9. The third-order valence-corrected chi connectivity index (χ3v) is 6.28.